The van der Waals surface area contributed by atoms with Gasteiger partial charge < -0.3 is 5.11 Å². The molecule has 0 atom stereocenters. The van der Waals surface area contributed by atoms with Crippen molar-refractivity contribution < 1.29 is 5.11 Å². The minimum absolute atomic E-state index is 0.0383. The first-order chi connectivity index (χ1) is 8.79. The highest BCUT2D eigenvalue weighted by Crippen LogP contribution is 2.34. The highest BCUT2D eigenvalue weighted by atomic mass is 16.3. The molecule has 1 aromatic carbocycles. The third-order valence-corrected chi connectivity index (χ3v) is 3.38. The number of rotatable bonds is 1. The van der Waals surface area contributed by atoms with Crippen molar-refractivity contribution in [1.29, 1.82) is 0 Å². The minimum Gasteiger partial charge on any atom is -0.507 e. The number of pyridine rings is 1. The van der Waals surface area contributed by atoms with Gasteiger partial charge in [-0.25, -0.2) is 0 Å². The molecule has 0 bridgehead atoms. The molecule has 0 aliphatic carbocycles. The Morgan fingerprint density at radius 1 is 0.947 bits per heavy atom. The van der Waals surface area contributed by atoms with Crippen LogP contribution in [0.5, 0.6) is 5.75 Å². The average molecular weight is 255 g/mol. The van der Waals surface area contributed by atoms with E-state index in [1.54, 1.807) is 0 Å². The van der Waals surface area contributed by atoms with Crippen molar-refractivity contribution in [2.45, 2.75) is 40.0 Å². The van der Waals surface area contributed by atoms with Crippen LogP contribution in [0, 0.1) is 13.8 Å². The lowest BCUT2D eigenvalue weighted by molar-refractivity contribution is 0.473. The second-order valence-electron chi connectivity index (χ2n) is 6.07. The van der Waals surface area contributed by atoms with Crippen LogP contribution in [0.1, 0.15) is 37.7 Å². The fourth-order valence-corrected chi connectivity index (χ4v) is 2.20. The highest BCUT2D eigenvalue weighted by molar-refractivity contribution is 5.72. The maximum atomic E-state index is 10.3. The van der Waals surface area contributed by atoms with Gasteiger partial charge in [-0.3, -0.25) is 4.98 Å². The molecule has 0 radical (unpaired) electrons. The van der Waals surface area contributed by atoms with Gasteiger partial charge in [-0.1, -0.05) is 39.0 Å². The van der Waals surface area contributed by atoms with Crippen LogP contribution in [0.2, 0.25) is 0 Å². The zero-order valence-corrected chi connectivity index (χ0v) is 12.3. The van der Waals surface area contributed by atoms with E-state index in [1.165, 1.54) is 0 Å². The zero-order chi connectivity index (χ0) is 14.2. The monoisotopic (exact) mass is 255 g/mol. The molecule has 0 fully saturated rings. The van der Waals surface area contributed by atoms with Crippen LogP contribution in [-0.2, 0) is 5.41 Å². The van der Waals surface area contributed by atoms with E-state index in [0.717, 1.165) is 28.1 Å². The highest BCUT2D eigenvalue weighted by Gasteiger charge is 2.16. The zero-order valence-electron chi connectivity index (χ0n) is 12.3. The first-order valence-electron chi connectivity index (χ1n) is 6.57. The number of hydrogen-bond acceptors (Lipinski definition) is 2. The lowest BCUT2D eigenvalue weighted by atomic mass is 9.85. The van der Waals surface area contributed by atoms with Crippen molar-refractivity contribution in [1.82, 2.24) is 4.98 Å². The van der Waals surface area contributed by atoms with E-state index >= 15 is 0 Å². The summed E-state index contributed by atoms with van der Waals surface area (Å²) in [6, 6.07) is 9.90. The number of aromatic hydroxyl groups is 1. The number of aromatic nitrogens is 1. The third-order valence-electron chi connectivity index (χ3n) is 3.38. The molecule has 2 heteroatoms. The molecule has 2 rings (SSSR count). The van der Waals surface area contributed by atoms with Crippen molar-refractivity contribution in [2.24, 2.45) is 0 Å². The fraction of sp³-hybridized carbons (Fsp3) is 0.353. The summed E-state index contributed by atoms with van der Waals surface area (Å²) in [7, 11) is 0. The molecule has 0 aliphatic heterocycles. The number of aryl methyl sites for hydroxylation is 2. The molecule has 2 aromatic rings. The Bertz CT molecular complexity index is 609. The van der Waals surface area contributed by atoms with Gasteiger partial charge in [0.25, 0.3) is 0 Å². The molecule has 0 spiro atoms. The summed E-state index contributed by atoms with van der Waals surface area (Å²) in [4.78, 5) is 4.45. The average Bonchev–Trinajstić information content (AvgIpc) is 2.28. The Morgan fingerprint density at radius 2 is 1.58 bits per heavy atom. The minimum atomic E-state index is 0.0383. The number of benzene rings is 1. The molecule has 19 heavy (non-hydrogen) atoms. The van der Waals surface area contributed by atoms with Crippen molar-refractivity contribution in [3.8, 4) is 16.9 Å². The molecule has 0 saturated heterocycles. The summed E-state index contributed by atoms with van der Waals surface area (Å²) in [5.74, 6) is 0.321. The maximum Gasteiger partial charge on any atom is 0.123 e. The standard InChI is InChI=1S/C17H21NO/c1-11-6-8-14(12(2)18-11)15-9-7-13(10-16(15)19)17(3,4)5/h6-10,19H,1-5H3. The molecule has 0 amide bonds. The van der Waals surface area contributed by atoms with Crippen LogP contribution in [0.25, 0.3) is 11.1 Å². The van der Waals surface area contributed by atoms with E-state index in [1.807, 2.05) is 38.1 Å². The molecule has 100 valence electrons. The molecule has 2 nitrogen and oxygen atoms in total. The summed E-state index contributed by atoms with van der Waals surface area (Å²) >= 11 is 0. The quantitative estimate of drug-likeness (QED) is 0.821. The molecule has 0 unspecified atom stereocenters. The van der Waals surface area contributed by atoms with Crippen LogP contribution in [-0.4, -0.2) is 10.1 Å². The van der Waals surface area contributed by atoms with E-state index in [-0.39, 0.29) is 5.41 Å². The second-order valence-corrected chi connectivity index (χ2v) is 6.07. The van der Waals surface area contributed by atoms with Gasteiger partial charge in [0, 0.05) is 22.5 Å². The summed E-state index contributed by atoms with van der Waals surface area (Å²) in [6.45, 7) is 10.4. The van der Waals surface area contributed by atoms with E-state index in [4.69, 9.17) is 0 Å². The van der Waals surface area contributed by atoms with Gasteiger partial charge in [-0.2, -0.15) is 0 Å². The molecular weight excluding hydrogens is 234 g/mol. The van der Waals surface area contributed by atoms with Crippen molar-refractivity contribution >= 4 is 0 Å². The largest absolute Gasteiger partial charge is 0.507 e. The Balaban J connectivity index is 2.52. The summed E-state index contributed by atoms with van der Waals surface area (Å²) < 4.78 is 0. The van der Waals surface area contributed by atoms with Gasteiger partial charge in [0.1, 0.15) is 5.75 Å². The van der Waals surface area contributed by atoms with Crippen molar-refractivity contribution in [3.05, 3.63) is 47.3 Å². The van der Waals surface area contributed by atoms with E-state index in [0.29, 0.717) is 5.75 Å². The Hall–Kier alpha value is -1.83. The van der Waals surface area contributed by atoms with Gasteiger partial charge in [0.15, 0.2) is 0 Å². The predicted octanol–water partition coefficient (Wildman–Crippen LogP) is 4.37. The topological polar surface area (TPSA) is 33.1 Å². The van der Waals surface area contributed by atoms with Crippen LogP contribution in [0.4, 0.5) is 0 Å². The molecule has 1 aromatic heterocycles. The van der Waals surface area contributed by atoms with Gasteiger partial charge in [0.2, 0.25) is 0 Å². The van der Waals surface area contributed by atoms with Crippen LogP contribution in [0.3, 0.4) is 0 Å². The smallest absolute Gasteiger partial charge is 0.123 e. The maximum absolute atomic E-state index is 10.3. The van der Waals surface area contributed by atoms with Gasteiger partial charge in [0.05, 0.1) is 0 Å². The number of phenolic OH excluding ortho intramolecular Hbond substituents is 1. The predicted molar refractivity (Wildman–Crippen MR) is 79.5 cm³/mol. The first kappa shape index (κ1) is 13.6. The SMILES string of the molecule is Cc1ccc(-c2ccc(C(C)(C)C)cc2O)c(C)n1. The molecule has 0 aliphatic rings. The Morgan fingerprint density at radius 3 is 2.11 bits per heavy atom. The second kappa shape index (κ2) is 4.69. The lowest BCUT2D eigenvalue weighted by Gasteiger charge is -2.20. The Labute approximate surface area is 115 Å². The Kier molecular flexibility index (Phi) is 3.36. The number of nitrogens with zero attached hydrogens (tertiary/aromatic N) is 1. The fourth-order valence-electron chi connectivity index (χ4n) is 2.20. The van der Waals surface area contributed by atoms with Crippen molar-refractivity contribution in [2.75, 3.05) is 0 Å². The van der Waals surface area contributed by atoms with Gasteiger partial charge in [-0.05, 0) is 37.0 Å². The molecular formula is C17H21NO. The van der Waals surface area contributed by atoms with E-state index in [2.05, 4.69) is 31.8 Å². The van der Waals surface area contributed by atoms with Crippen LogP contribution >= 0.6 is 0 Å². The molecule has 1 heterocycles. The molecule has 0 saturated carbocycles. The van der Waals surface area contributed by atoms with Crippen LogP contribution in [0.15, 0.2) is 30.3 Å². The normalized spacial score (nSPS) is 11.6. The summed E-state index contributed by atoms with van der Waals surface area (Å²) in [5.41, 5.74) is 4.94. The summed E-state index contributed by atoms with van der Waals surface area (Å²) in [6.07, 6.45) is 0. The van der Waals surface area contributed by atoms with Gasteiger partial charge in [-0.15, -0.1) is 0 Å². The number of hydrogen-bond donors (Lipinski definition) is 1. The molecule has 1 N–H and O–H groups in total. The third kappa shape index (κ3) is 2.78. The lowest BCUT2D eigenvalue weighted by Crippen LogP contribution is -2.10. The first-order valence-corrected chi connectivity index (χ1v) is 6.57. The van der Waals surface area contributed by atoms with Crippen molar-refractivity contribution in [3.63, 3.8) is 0 Å². The van der Waals surface area contributed by atoms with Gasteiger partial charge >= 0.3 is 0 Å². The number of phenols is 1. The van der Waals surface area contributed by atoms with E-state index in [9.17, 15) is 5.11 Å². The van der Waals surface area contributed by atoms with Crippen LogP contribution < -0.4 is 0 Å². The summed E-state index contributed by atoms with van der Waals surface area (Å²) in [5, 5.41) is 10.3. The van der Waals surface area contributed by atoms with E-state index < -0.39 is 0 Å².